The number of hydrogen-bond donors (Lipinski definition) is 0. The molecule has 0 aromatic heterocycles. The lowest BCUT2D eigenvalue weighted by Gasteiger charge is -2.16. The second kappa shape index (κ2) is 7.09. The van der Waals surface area contributed by atoms with Gasteiger partial charge in [0, 0.05) is 11.1 Å². The molecule has 0 spiro atoms. The van der Waals surface area contributed by atoms with Crippen molar-refractivity contribution in [1.82, 2.24) is 0 Å². The molecule has 0 aliphatic carbocycles. The van der Waals surface area contributed by atoms with Crippen LogP contribution >= 0.6 is 0 Å². The monoisotopic (exact) mass is 320 g/mol. The van der Waals surface area contributed by atoms with Gasteiger partial charge in [0.05, 0.1) is 0 Å². The molecule has 0 heterocycles. The Morgan fingerprint density at radius 3 is 2.50 bits per heavy atom. The summed E-state index contributed by atoms with van der Waals surface area (Å²) in [5.74, 6) is 0.258. The fraction of sp³-hybridized carbons (Fsp3) is 0.0952. The molecule has 3 aromatic carbocycles. The minimum Gasteiger partial charge on any atom is -0.488 e. The molecule has 0 saturated heterocycles. The number of carbonyl (C=O) groups excluding carboxylic acids is 1. The zero-order valence-electron chi connectivity index (χ0n) is 13.3. The van der Waals surface area contributed by atoms with E-state index in [2.05, 4.69) is 0 Å². The van der Waals surface area contributed by atoms with E-state index in [0.717, 1.165) is 17.4 Å². The van der Waals surface area contributed by atoms with Crippen molar-refractivity contribution in [2.75, 3.05) is 0 Å². The maximum absolute atomic E-state index is 13.6. The molecule has 0 N–H and O–H groups in total. The normalized spacial score (nSPS) is 10.4. The van der Waals surface area contributed by atoms with Gasteiger partial charge in [-0.15, -0.1) is 0 Å². The molecule has 120 valence electrons. The maximum Gasteiger partial charge on any atom is 0.150 e. The SMILES string of the molecule is Cc1ccc(C=O)c(-c2cccc(F)c2)c1OCc1ccccc1. The highest BCUT2D eigenvalue weighted by molar-refractivity contribution is 5.91. The molecule has 3 rings (SSSR count). The average Bonchev–Trinajstić information content (AvgIpc) is 2.61. The highest BCUT2D eigenvalue weighted by Gasteiger charge is 2.15. The van der Waals surface area contributed by atoms with Gasteiger partial charge in [0.25, 0.3) is 0 Å². The smallest absolute Gasteiger partial charge is 0.150 e. The lowest BCUT2D eigenvalue weighted by Crippen LogP contribution is -2.01. The summed E-state index contributed by atoms with van der Waals surface area (Å²) in [6.45, 7) is 2.30. The molecule has 3 heteroatoms. The van der Waals surface area contributed by atoms with E-state index in [4.69, 9.17) is 4.74 Å². The molecule has 24 heavy (non-hydrogen) atoms. The van der Waals surface area contributed by atoms with Crippen LogP contribution in [-0.4, -0.2) is 6.29 Å². The van der Waals surface area contributed by atoms with E-state index in [9.17, 15) is 9.18 Å². The van der Waals surface area contributed by atoms with Crippen LogP contribution in [-0.2, 0) is 6.61 Å². The number of hydrogen-bond acceptors (Lipinski definition) is 2. The number of aldehydes is 1. The van der Waals surface area contributed by atoms with Crippen LogP contribution in [0.2, 0.25) is 0 Å². The molecule has 0 aliphatic heterocycles. The van der Waals surface area contributed by atoms with Gasteiger partial charge in [-0.25, -0.2) is 4.39 Å². The van der Waals surface area contributed by atoms with Crippen molar-refractivity contribution in [3.05, 3.63) is 89.2 Å². The molecule has 0 radical (unpaired) electrons. The summed E-state index contributed by atoms with van der Waals surface area (Å²) in [6, 6.07) is 19.6. The number of carbonyl (C=O) groups is 1. The molecule has 0 fully saturated rings. The minimum atomic E-state index is -0.347. The van der Waals surface area contributed by atoms with Crippen molar-refractivity contribution in [3.63, 3.8) is 0 Å². The standard InChI is InChI=1S/C21H17FO2/c1-15-10-11-18(13-23)20(17-8-5-9-19(22)12-17)21(15)24-14-16-6-3-2-4-7-16/h2-13H,14H2,1H3. The topological polar surface area (TPSA) is 26.3 Å². The van der Waals surface area contributed by atoms with Crippen molar-refractivity contribution in [1.29, 1.82) is 0 Å². The first kappa shape index (κ1) is 15.9. The highest BCUT2D eigenvalue weighted by atomic mass is 19.1. The van der Waals surface area contributed by atoms with Crippen LogP contribution in [0.5, 0.6) is 5.75 Å². The van der Waals surface area contributed by atoms with Crippen molar-refractivity contribution >= 4 is 6.29 Å². The minimum absolute atomic E-state index is 0.347. The van der Waals surface area contributed by atoms with Gasteiger partial charge in [-0.3, -0.25) is 4.79 Å². The van der Waals surface area contributed by atoms with Crippen molar-refractivity contribution in [3.8, 4) is 16.9 Å². The Bertz CT molecular complexity index is 857. The van der Waals surface area contributed by atoms with Gasteiger partial charge in [0.15, 0.2) is 6.29 Å². The Morgan fingerprint density at radius 1 is 1.00 bits per heavy atom. The van der Waals surface area contributed by atoms with E-state index in [0.29, 0.717) is 29.0 Å². The Balaban J connectivity index is 2.05. The summed E-state index contributed by atoms with van der Waals surface area (Å²) >= 11 is 0. The first-order valence-electron chi connectivity index (χ1n) is 7.70. The van der Waals surface area contributed by atoms with Crippen LogP contribution in [0, 0.1) is 12.7 Å². The van der Waals surface area contributed by atoms with E-state index >= 15 is 0 Å². The number of benzene rings is 3. The molecule has 0 aliphatic rings. The summed E-state index contributed by atoms with van der Waals surface area (Å²) in [4.78, 5) is 11.5. The van der Waals surface area contributed by atoms with Crippen molar-refractivity contribution < 1.29 is 13.9 Å². The summed E-state index contributed by atoms with van der Waals surface area (Å²) < 4.78 is 19.7. The van der Waals surface area contributed by atoms with E-state index in [1.165, 1.54) is 12.1 Å². The van der Waals surface area contributed by atoms with Gasteiger partial charge in [-0.1, -0.05) is 54.6 Å². The summed E-state index contributed by atoms with van der Waals surface area (Å²) in [5, 5.41) is 0. The lowest BCUT2D eigenvalue weighted by atomic mass is 9.96. The predicted octanol–water partition coefficient (Wildman–Crippen LogP) is 5.19. The molecule has 3 aromatic rings. The van der Waals surface area contributed by atoms with Crippen LogP contribution in [0.4, 0.5) is 4.39 Å². The number of ether oxygens (including phenoxy) is 1. The van der Waals surface area contributed by atoms with Crippen LogP contribution in [0.1, 0.15) is 21.5 Å². The van der Waals surface area contributed by atoms with Crippen molar-refractivity contribution in [2.24, 2.45) is 0 Å². The highest BCUT2D eigenvalue weighted by Crippen LogP contribution is 2.36. The van der Waals surface area contributed by atoms with E-state index in [-0.39, 0.29) is 5.82 Å². The fourth-order valence-corrected chi connectivity index (χ4v) is 2.66. The summed E-state index contributed by atoms with van der Waals surface area (Å²) in [7, 11) is 0. The number of aryl methyl sites for hydroxylation is 1. The Labute approximate surface area is 140 Å². The molecular formula is C21H17FO2. The molecule has 0 amide bonds. The van der Waals surface area contributed by atoms with Crippen LogP contribution in [0.25, 0.3) is 11.1 Å². The molecule has 0 atom stereocenters. The van der Waals surface area contributed by atoms with Gasteiger partial charge in [-0.05, 0) is 35.7 Å². The van der Waals surface area contributed by atoms with Crippen LogP contribution < -0.4 is 4.74 Å². The molecule has 0 saturated carbocycles. The summed E-state index contributed by atoms with van der Waals surface area (Å²) in [6.07, 6.45) is 0.773. The number of halogens is 1. The third kappa shape index (κ3) is 3.35. The van der Waals surface area contributed by atoms with Gasteiger partial charge in [0.1, 0.15) is 18.2 Å². The van der Waals surface area contributed by atoms with E-state index < -0.39 is 0 Å². The van der Waals surface area contributed by atoms with Crippen molar-refractivity contribution in [2.45, 2.75) is 13.5 Å². The van der Waals surface area contributed by atoms with Gasteiger partial charge < -0.3 is 4.74 Å². The molecular weight excluding hydrogens is 303 g/mol. The number of rotatable bonds is 5. The first-order chi connectivity index (χ1) is 11.7. The van der Waals surface area contributed by atoms with Gasteiger partial charge in [0.2, 0.25) is 0 Å². The third-order valence-corrected chi connectivity index (χ3v) is 3.85. The lowest BCUT2D eigenvalue weighted by molar-refractivity contribution is 0.112. The largest absolute Gasteiger partial charge is 0.488 e. The van der Waals surface area contributed by atoms with Gasteiger partial charge in [-0.2, -0.15) is 0 Å². The van der Waals surface area contributed by atoms with E-state index in [1.54, 1.807) is 18.2 Å². The summed E-state index contributed by atoms with van der Waals surface area (Å²) in [5.41, 5.74) is 3.66. The molecule has 0 unspecified atom stereocenters. The third-order valence-electron chi connectivity index (χ3n) is 3.85. The first-order valence-corrected chi connectivity index (χ1v) is 7.70. The quantitative estimate of drug-likeness (QED) is 0.605. The van der Waals surface area contributed by atoms with Crippen LogP contribution in [0.15, 0.2) is 66.7 Å². The Hall–Kier alpha value is -2.94. The fourth-order valence-electron chi connectivity index (χ4n) is 2.66. The predicted molar refractivity (Wildman–Crippen MR) is 92.7 cm³/mol. The Kier molecular flexibility index (Phi) is 4.71. The molecule has 0 bridgehead atoms. The van der Waals surface area contributed by atoms with Gasteiger partial charge >= 0.3 is 0 Å². The Morgan fingerprint density at radius 2 is 1.79 bits per heavy atom. The average molecular weight is 320 g/mol. The second-order valence-electron chi connectivity index (χ2n) is 5.58. The van der Waals surface area contributed by atoms with E-state index in [1.807, 2.05) is 43.3 Å². The molecule has 2 nitrogen and oxygen atoms in total. The van der Waals surface area contributed by atoms with Crippen LogP contribution in [0.3, 0.4) is 0 Å². The zero-order chi connectivity index (χ0) is 16.9. The maximum atomic E-state index is 13.6. The second-order valence-corrected chi connectivity index (χ2v) is 5.58. The zero-order valence-corrected chi connectivity index (χ0v) is 13.3.